The minimum atomic E-state index is 0.0870. The van der Waals surface area contributed by atoms with Crippen molar-refractivity contribution in [3.63, 3.8) is 0 Å². The van der Waals surface area contributed by atoms with E-state index in [4.69, 9.17) is 15.0 Å². The molecule has 0 amide bonds. The first-order valence-electron chi connectivity index (χ1n) is 7.14. The molecule has 1 aliphatic rings. The van der Waals surface area contributed by atoms with Crippen molar-refractivity contribution in [1.29, 1.82) is 0 Å². The fourth-order valence-corrected chi connectivity index (χ4v) is 2.96. The number of hydrogen-bond donors (Lipinski definition) is 2. The van der Waals surface area contributed by atoms with Gasteiger partial charge in [0.1, 0.15) is 0 Å². The van der Waals surface area contributed by atoms with Crippen LogP contribution in [0, 0.1) is 5.92 Å². The van der Waals surface area contributed by atoms with Gasteiger partial charge in [-0.25, -0.2) is 0 Å². The molecule has 0 bridgehead atoms. The summed E-state index contributed by atoms with van der Waals surface area (Å²) >= 11 is 0. The maximum atomic E-state index is 9.62. The van der Waals surface area contributed by atoms with E-state index >= 15 is 0 Å². The second kappa shape index (κ2) is 5.73. The molecule has 0 aliphatic heterocycles. The number of rotatable bonds is 4. The molecule has 21 heavy (non-hydrogen) atoms. The Morgan fingerprint density at radius 1 is 1.43 bits per heavy atom. The first-order valence-corrected chi connectivity index (χ1v) is 7.14. The van der Waals surface area contributed by atoms with Crippen LogP contribution in [0.25, 0.3) is 11.4 Å². The van der Waals surface area contributed by atoms with E-state index in [1.165, 1.54) is 7.11 Å². The Bertz CT molecular complexity index is 626. The summed E-state index contributed by atoms with van der Waals surface area (Å²) in [5, 5.41) is 13.7. The standard InChI is InChI=1S/C15H19N3O3/c1-20-13-7-9(5-6-12(13)19)14-17-15(21-18-14)11-4-2-3-10(11)8-16/h5-7,10-11,19H,2-4,8,16H2,1H3. The predicted octanol–water partition coefficient (Wildman–Crippen LogP) is 2.29. The minimum Gasteiger partial charge on any atom is -0.504 e. The smallest absolute Gasteiger partial charge is 0.230 e. The van der Waals surface area contributed by atoms with Crippen LogP contribution >= 0.6 is 0 Å². The molecular formula is C15H19N3O3. The molecule has 2 unspecified atom stereocenters. The average Bonchev–Trinajstić information content (AvgIpc) is 3.16. The topological polar surface area (TPSA) is 94.4 Å². The lowest BCUT2D eigenvalue weighted by Gasteiger charge is -2.12. The summed E-state index contributed by atoms with van der Waals surface area (Å²) in [6.07, 6.45) is 3.31. The highest BCUT2D eigenvalue weighted by atomic mass is 16.5. The number of hydrogen-bond acceptors (Lipinski definition) is 6. The summed E-state index contributed by atoms with van der Waals surface area (Å²) in [7, 11) is 1.50. The van der Waals surface area contributed by atoms with Crippen LogP contribution in [0.2, 0.25) is 0 Å². The van der Waals surface area contributed by atoms with Crippen LogP contribution in [0.4, 0.5) is 0 Å². The van der Waals surface area contributed by atoms with E-state index < -0.39 is 0 Å². The Labute approximate surface area is 122 Å². The van der Waals surface area contributed by atoms with Crippen LogP contribution in [0.15, 0.2) is 22.7 Å². The third kappa shape index (κ3) is 2.58. The molecule has 0 saturated heterocycles. The summed E-state index contributed by atoms with van der Waals surface area (Å²) in [5.41, 5.74) is 6.55. The van der Waals surface area contributed by atoms with Gasteiger partial charge < -0.3 is 20.1 Å². The van der Waals surface area contributed by atoms with Gasteiger partial charge in [0.2, 0.25) is 11.7 Å². The van der Waals surface area contributed by atoms with Crippen LogP contribution in [-0.2, 0) is 0 Å². The zero-order chi connectivity index (χ0) is 14.8. The number of phenols is 1. The zero-order valence-corrected chi connectivity index (χ0v) is 12.0. The van der Waals surface area contributed by atoms with Crippen LogP contribution in [0.5, 0.6) is 11.5 Å². The summed E-state index contributed by atoms with van der Waals surface area (Å²) in [4.78, 5) is 4.50. The first-order chi connectivity index (χ1) is 10.2. The van der Waals surface area contributed by atoms with Crippen molar-refractivity contribution in [2.24, 2.45) is 11.7 Å². The van der Waals surface area contributed by atoms with E-state index in [9.17, 15) is 5.11 Å². The van der Waals surface area contributed by atoms with E-state index in [1.807, 2.05) is 0 Å². The van der Waals surface area contributed by atoms with Crippen molar-refractivity contribution < 1.29 is 14.4 Å². The SMILES string of the molecule is COc1cc(-c2noc(C3CCCC3CN)n2)ccc1O. The highest BCUT2D eigenvalue weighted by Crippen LogP contribution is 2.39. The Hall–Kier alpha value is -2.08. The number of nitrogens with zero attached hydrogens (tertiary/aromatic N) is 2. The van der Waals surface area contributed by atoms with Gasteiger partial charge in [-0.05, 0) is 43.5 Å². The van der Waals surface area contributed by atoms with Gasteiger partial charge in [0.15, 0.2) is 11.5 Å². The molecule has 0 spiro atoms. The van der Waals surface area contributed by atoms with Gasteiger partial charge >= 0.3 is 0 Å². The number of ether oxygens (including phenoxy) is 1. The highest BCUT2D eigenvalue weighted by Gasteiger charge is 2.32. The van der Waals surface area contributed by atoms with Gasteiger partial charge in [-0.3, -0.25) is 0 Å². The highest BCUT2D eigenvalue weighted by molar-refractivity contribution is 5.60. The van der Waals surface area contributed by atoms with Gasteiger partial charge in [0.05, 0.1) is 7.11 Å². The molecule has 1 aromatic heterocycles. The van der Waals surface area contributed by atoms with Gasteiger partial charge in [0.25, 0.3) is 0 Å². The Kier molecular flexibility index (Phi) is 3.79. The molecule has 1 aromatic carbocycles. The van der Waals surface area contributed by atoms with Crippen LogP contribution in [-0.4, -0.2) is 28.9 Å². The molecule has 6 heteroatoms. The Morgan fingerprint density at radius 2 is 2.29 bits per heavy atom. The predicted molar refractivity (Wildman–Crippen MR) is 77.1 cm³/mol. The largest absolute Gasteiger partial charge is 0.504 e. The maximum Gasteiger partial charge on any atom is 0.230 e. The maximum absolute atomic E-state index is 9.62. The lowest BCUT2D eigenvalue weighted by atomic mass is 9.96. The van der Waals surface area contributed by atoms with Gasteiger partial charge in [-0.15, -0.1) is 0 Å². The Balaban J connectivity index is 1.88. The molecule has 112 valence electrons. The average molecular weight is 289 g/mol. The van der Waals surface area contributed by atoms with E-state index in [2.05, 4.69) is 10.1 Å². The molecule has 1 heterocycles. The van der Waals surface area contributed by atoms with E-state index in [0.717, 1.165) is 24.8 Å². The lowest BCUT2D eigenvalue weighted by Crippen LogP contribution is -2.17. The molecule has 1 aliphatic carbocycles. The van der Waals surface area contributed by atoms with Crippen molar-refractivity contribution in [2.75, 3.05) is 13.7 Å². The quantitative estimate of drug-likeness (QED) is 0.896. The van der Waals surface area contributed by atoms with Crippen molar-refractivity contribution in [1.82, 2.24) is 10.1 Å². The molecule has 2 atom stereocenters. The summed E-state index contributed by atoms with van der Waals surface area (Å²) in [6.45, 7) is 0.648. The zero-order valence-electron chi connectivity index (χ0n) is 12.0. The van der Waals surface area contributed by atoms with Crippen LogP contribution in [0.3, 0.4) is 0 Å². The van der Waals surface area contributed by atoms with E-state index in [1.54, 1.807) is 18.2 Å². The molecule has 1 saturated carbocycles. The second-order valence-corrected chi connectivity index (χ2v) is 5.38. The van der Waals surface area contributed by atoms with Gasteiger partial charge in [-0.1, -0.05) is 11.6 Å². The third-order valence-electron chi connectivity index (χ3n) is 4.16. The van der Waals surface area contributed by atoms with E-state index in [0.29, 0.717) is 29.9 Å². The number of methoxy groups -OCH3 is 1. The molecule has 6 nitrogen and oxygen atoms in total. The fourth-order valence-electron chi connectivity index (χ4n) is 2.96. The normalized spacial score (nSPS) is 21.6. The monoisotopic (exact) mass is 289 g/mol. The molecule has 0 radical (unpaired) electrons. The van der Waals surface area contributed by atoms with E-state index in [-0.39, 0.29) is 11.7 Å². The van der Waals surface area contributed by atoms with Crippen molar-refractivity contribution in [2.45, 2.75) is 25.2 Å². The third-order valence-corrected chi connectivity index (χ3v) is 4.16. The van der Waals surface area contributed by atoms with Crippen molar-refractivity contribution in [3.05, 3.63) is 24.1 Å². The molecule has 3 rings (SSSR count). The van der Waals surface area contributed by atoms with Crippen LogP contribution < -0.4 is 10.5 Å². The summed E-state index contributed by atoms with van der Waals surface area (Å²) in [5.74, 6) is 2.32. The summed E-state index contributed by atoms with van der Waals surface area (Å²) in [6, 6.07) is 4.99. The molecular weight excluding hydrogens is 270 g/mol. The van der Waals surface area contributed by atoms with Crippen molar-refractivity contribution in [3.8, 4) is 22.9 Å². The minimum absolute atomic E-state index is 0.0870. The van der Waals surface area contributed by atoms with Crippen LogP contribution in [0.1, 0.15) is 31.1 Å². The lowest BCUT2D eigenvalue weighted by molar-refractivity contribution is 0.326. The second-order valence-electron chi connectivity index (χ2n) is 5.38. The van der Waals surface area contributed by atoms with Gasteiger partial charge in [0, 0.05) is 11.5 Å². The number of aromatic hydroxyl groups is 1. The number of aromatic nitrogens is 2. The number of benzene rings is 1. The molecule has 2 aromatic rings. The first kappa shape index (κ1) is 13.9. The molecule has 3 N–H and O–H groups in total. The molecule has 1 fully saturated rings. The van der Waals surface area contributed by atoms with Crippen molar-refractivity contribution >= 4 is 0 Å². The number of nitrogens with two attached hydrogens (primary N) is 1. The fraction of sp³-hybridized carbons (Fsp3) is 0.467. The number of phenolic OH excluding ortho intramolecular Hbond substituents is 1. The summed E-state index contributed by atoms with van der Waals surface area (Å²) < 4.78 is 10.5. The van der Waals surface area contributed by atoms with Gasteiger partial charge in [-0.2, -0.15) is 4.98 Å². The Morgan fingerprint density at radius 3 is 3.05 bits per heavy atom.